The SMILES string of the molecule is CC(C)C[C@H](NC(=O)CNC(=O)[C@@H](N)CS)C(=O)O. The molecular weight excluding hydrogens is 270 g/mol. The first-order valence-electron chi connectivity index (χ1n) is 5.94. The van der Waals surface area contributed by atoms with Gasteiger partial charge < -0.3 is 21.5 Å². The van der Waals surface area contributed by atoms with E-state index in [4.69, 9.17) is 10.8 Å². The molecule has 110 valence electrons. The van der Waals surface area contributed by atoms with Crippen molar-refractivity contribution in [1.29, 1.82) is 0 Å². The molecule has 7 nitrogen and oxygen atoms in total. The minimum atomic E-state index is -1.10. The molecule has 0 radical (unpaired) electrons. The maximum Gasteiger partial charge on any atom is 0.326 e. The number of hydrogen-bond acceptors (Lipinski definition) is 5. The van der Waals surface area contributed by atoms with Gasteiger partial charge in [-0.2, -0.15) is 12.6 Å². The summed E-state index contributed by atoms with van der Waals surface area (Å²) in [5.41, 5.74) is 5.40. The lowest BCUT2D eigenvalue weighted by Gasteiger charge is -2.17. The van der Waals surface area contributed by atoms with Crippen molar-refractivity contribution < 1.29 is 19.5 Å². The molecule has 5 N–H and O–H groups in total. The molecule has 0 aromatic rings. The highest BCUT2D eigenvalue weighted by Gasteiger charge is 2.21. The molecule has 0 aromatic heterocycles. The summed E-state index contributed by atoms with van der Waals surface area (Å²) in [7, 11) is 0. The molecule has 0 heterocycles. The Labute approximate surface area is 117 Å². The molecule has 0 aliphatic heterocycles. The van der Waals surface area contributed by atoms with Crippen molar-refractivity contribution in [3.63, 3.8) is 0 Å². The highest BCUT2D eigenvalue weighted by Crippen LogP contribution is 2.04. The molecule has 0 aliphatic carbocycles. The van der Waals surface area contributed by atoms with Crippen molar-refractivity contribution >= 4 is 30.4 Å². The first-order chi connectivity index (χ1) is 8.77. The quantitative estimate of drug-likeness (QED) is 0.366. The number of nitrogens with one attached hydrogen (secondary N) is 2. The van der Waals surface area contributed by atoms with E-state index in [1.165, 1.54) is 0 Å². The van der Waals surface area contributed by atoms with Crippen LogP contribution in [0.15, 0.2) is 0 Å². The van der Waals surface area contributed by atoms with E-state index in [-0.39, 0.29) is 18.2 Å². The normalized spacial score (nSPS) is 13.7. The first-order valence-corrected chi connectivity index (χ1v) is 6.57. The van der Waals surface area contributed by atoms with Gasteiger partial charge in [0.1, 0.15) is 6.04 Å². The monoisotopic (exact) mass is 291 g/mol. The summed E-state index contributed by atoms with van der Waals surface area (Å²) >= 11 is 3.86. The molecule has 0 aliphatic rings. The Kier molecular flexibility index (Phi) is 8.17. The van der Waals surface area contributed by atoms with E-state index in [1.54, 1.807) is 0 Å². The van der Waals surface area contributed by atoms with Crippen LogP contribution in [0.4, 0.5) is 0 Å². The Morgan fingerprint density at radius 1 is 1.32 bits per heavy atom. The van der Waals surface area contributed by atoms with Gasteiger partial charge in [-0.3, -0.25) is 9.59 Å². The van der Waals surface area contributed by atoms with Crippen LogP contribution in [-0.2, 0) is 14.4 Å². The average molecular weight is 291 g/mol. The number of hydrogen-bond donors (Lipinski definition) is 5. The van der Waals surface area contributed by atoms with E-state index in [1.807, 2.05) is 13.8 Å². The molecule has 0 rings (SSSR count). The Morgan fingerprint density at radius 2 is 1.89 bits per heavy atom. The minimum absolute atomic E-state index is 0.133. The average Bonchev–Trinajstić information content (AvgIpc) is 2.33. The number of carbonyl (C=O) groups is 3. The number of carbonyl (C=O) groups excluding carboxylic acids is 2. The molecular formula is C11H21N3O4S. The third kappa shape index (κ3) is 7.68. The summed E-state index contributed by atoms with van der Waals surface area (Å²) in [6, 6.07) is -1.75. The predicted molar refractivity (Wildman–Crippen MR) is 73.9 cm³/mol. The molecule has 0 spiro atoms. The second kappa shape index (κ2) is 8.76. The number of aliphatic carboxylic acids is 1. The van der Waals surface area contributed by atoms with Crippen molar-refractivity contribution in [3.8, 4) is 0 Å². The van der Waals surface area contributed by atoms with Gasteiger partial charge in [0.15, 0.2) is 0 Å². The van der Waals surface area contributed by atoms with Gasteiger partial charge in [0.25, 0.3) is 0 Å². The second-order valence-corrected chi connectivity index (χ2v) is 4.96. The molecule has 0 unspecified atom stereocenters. The van der Waals surface area contributed by atoms with Gasteiger partial charge in [-0.25, -0.2) is 4.79 Å². The van der Waals surface area contributed by atoms with Crippen LogP contribution < -0.4 is 16.4 Å². The third-order valence-corrected chi connectivity index (χ3v) is 2.69. The van der Waals surface area contributed by atoms with Crippen LogP contribution >= 0.6 is 12.6 Å². The summed E-state index contributed by atoms with van der Waals surface area (Å²) in [4.78, 5) is 33.7. The summed E-state index contributed by atoms with van der Waals surface area (Å²) < 4.78 is 0. The summed E-state index contributed by atoms with van der Waals surface area (Å²) in [6.45, 7) is 3.41. The smallest absolute Gasteiger partial charge is 0.326 e. The Morgan fingerprint density at radius 3 is 2.32 bits per heavy atom. The fourth-order valence-corrected chi connectivity index (χ4v) is 1.49. The van der Waals surface area contributed by atoms with Crippen LogP contribution in [0.3, 0.4) is 0 Å². The van der Waals surface area contributed by atoms with Gasteiger partial charge in [0.05, 0.1) is 12.6 Å². The van der Waals surface area contributed by atoms with Crippen molar-refractivity contribution in [1.82, 2.24) is 10.6 Å². The topological polar surface area (TPSA) is 122 Å². The third-order valence-electron chi connectivity index (χ3n) is 2.30. The van der Waals surface area contributed by atoms with Crippen LogP contribution in [0.5, 0.6) is 0 Å². The number of rotatable bonds is 8. The van der Waals surface area contributed by atoms with E-state index in [0.717, 1.165) is 0 Å². The van der Waals surface area contributed by atoms with Crippen molar-refractivity contribution in [2.75, 3.05) is 12.3 Å². The molecule has 0 bridgehead atoms. The van der Waals surface area contributed by atoms with Crippen LogP contribution in [0.1, 0.15) is 20.3 Å². The van der Waals surface area contributed by atoms with Crippen molar-refractivity contribution in [2.45, 2.75) is 32.4 Å². The Hall–Kier alpha value is -1.28. The lowest BCUT2D eigenvalue weighted by molar-refractivity contribution is -0.142. The highest BCUT2D eigenvalue weighted by molar-refractivity contribution is 7.80. The summed E-state index contributed by atoms with van der Waals surface area (Å²) in [5, 5.41) is 13.6. The standard InChI is InChI=1S/C11H21N3O4S/c1-6(2)3-8(11(17)18)14-9(15)4-13-10(16)7(12)5-19/h6-8,19H,3-5,12H2,1-2H3,(H,13,16)(H,14,15)(H,17,18)/t7-,8-/m0/s1. The maximum atomic E-state index is 11.5. The van der Waals surface area contributed by atoms with Gasteiger partial charge in [-0.05, 0) is 12.3 Å². The van der Waals surface area contributed by atoms with Gasteiger partial charge in [0.2, 0.25) is 11.8 Å². The summed E-state index contributed by atoms with van der Waals surface area (Å²) in [5.74, 6) is -1.86. The van der Waals surface area contributed by atoms with Crippen molar-refractivity contribution in [3.05, 3.63) is 0 Å². The number of amides is 2. The Bertz CT molecular complexity index is 336. The van der Waals surface area contributed by atoms with Crippen molar-refractivity contribution in [2.24, 2.45) is 11.7 Å². The molecule has 8 heteroatoms. The fraction of sp³-hybridized carbons (Fsp3) is 0.727. The molecule has 19 heavy (non-hydrogen) atoms. The predicted octanol–water partition coefficient (Wildman–Crippen LogP) is -1.02. The van der Waals surface area contributed by atoms with Crippen LogP contribution in [0.2, 0.25) is 0 Å². The summed E-state index contributed by atoms with van der Waals surface area (Å²) in [6.07, 6.45) is 0.325. The minimum Gasteiger partial charge on any atom is -0.480 e. The molecule has 0 saturated heterocycles. The lowest BCUT2D eigenvalue weighted by atomic mass is 10.0. The van der Waals surface area contributed by atoms with Gasteiger partial charge >= 0.3 is 5.97 Å². The molecule has 0 fully saturated rings. The zero-order chi connectivity index (χ0) is 15.0. The maximum absolute atomic E-state index is 11.5. The molecule has 2 amide bonds. The highest BCUT2D eigenvalue weighted by atomic mass is 32.1. The Balaban J connectivity index is 4.20. The van der Waals surface area contributed by atoms with E-state index < -0.39 is 29.9 Å². The molecule has 2 atom stereocenters. The zero-order valence-corrected chi connectivity index (χ0v) is 11.9. The van der Waals surface area contributed by atoms with E-state index in [9.17, 15) is 14.4 Å². The number of carboxylic acids is 1. The molecule has 0 aromatic carbocycles. The first kappa shape index (κ1) is 17.7. The van der Waals surface area contributed by atoms with E-state index in [0.29, 0.717) is 6.42 Å². The van der Waals surface area contributed by atoms with Crippen LogP contribution in [-0.4, -0.2) is 47.3 Å². The van der Waals surface area contributed by atoms with Crippen LogP contribution in [0, 0.1) is 5.92 Å². The lowest BCUT2D eigenvalue weighted by Crippen LogP contribution is -2.49. The largest absolute Gasteiger partial charge is 0.480 e. The van der Waals surface area contributed by atoms with E-state index >= 15 is 0 Å². The van der Waals surface area contributed by atoms with Gasteiger partial charge in [-0.15, -0.1) is 0 Å². The molecule has 0 saturated carbocycles. The van der Waals surface area contributed by atoms with Gasteiger partial charge in [-0.1, -0.05) is 13.8 Å². The zero-order valence-electron chi connectivity index (χ0n) is 11.0. The van der Waals surface area contributed by atoms with E-state index in [2.05, 4.69) is 23.3 Å². The van der Waals surface area contributed by atoms with Crippen LogP contribution in [0.25, 0.3) is 0 Å². The number of thiol groups is 1. The second-order valence-electron chi connectivity index (χ2n) is 4.59. The fourth-order valence-electron chi connectivity index (χ4n) is 1.32. The van der Waals surface area contributed by atoms with Gasteiger partial charge in [0, 0.05) is 5.75 Å². The number of carboxylic acid groups (broad SMARTS) is 1. The number of nitrogens with two attached hydrogens (primary N) is 1.